The van der Waals surface area contributed by atoms with Gasteiger partial charge in [0.25, 0.3) is 0 Å². The molecule has 0 aliphatic carbocycles. The van der Waals surface area contributed by atoms with Crippen LogP contribution in [0, 0.1) is 5.82 Å². The lowest BCUT2D eigenvalue weighted by atomic mass is 10.2. The van der Waals surface area contributed by atoms with E-state index in [9.17, 15) is 9.18 Å². The molecule has 1 heterocycles. The number of hydrogen-bond acceptors (Lipinski definition) is 2. The van der Waals surface area contributed by atoms with E-state index in [-0.39, 0.29) is 11.5 Å². The first kappa shape index (κ1) is 12.7. The highest BCUT2D eigenvalue weighted by molar-refractivity contribution is 6.30. The van der Waals surface area contributed by atoms with Gasteiger partial charge >= 0.3 is 5.69 Å². The highest BCUT2D eigenvalue weighted by atomic mass is 35.5. The van der Waals surface area contributed by atoms with Gasteiger partial charge < -0.3 is 15.3 Å². The number of benzene rings is 2. The minimum absolute atomic E-state index is 0.242. The standard InChI is InChI=1S/C14H11ClFN3O/c15-9-3-8(4-10(16)5-9)7-17-11-1-2-12-13(6-11)19-14(20)18-12/h1-6,17H,7H2,(H2,18,19,20). The highest BCUT2D eigenvalue weighted by Crippen LogP contribution is 2.18. The largest absolute Gasteiger partial charge is 0.381 e. The van der Waals surface area contributed by atoms with Gasteiger partial charge in [0.1, 0.15) is 5.82 Å². The number of imidazole rings is 1. The third-order valence-electron chi connectivity index (χ3n) is 2.93. The smallest absolute Gasteiger partial charge is 0.323 e. The molecule has 0 unspecified atom stereocenters. The molecule has 6 heteroatoms. The predicted molar refractivity (Wildman–Crippen MR) is 77.7 cm³/mol. The number of fused-ring (bicyclic) bond motifs is 1. The number of halogens is 2. The summed E-state index contributed by atoms with van der Waals surface area (Å²) in [5.74, 6) is -0.361. The zero-order chi connectivity index (χ0) is 14.1. The van der Waals surface area contributed by atoms with E-state index in [1.165, 1.54) is 12.1 Å². The Kier molecular flexibility index (Phi) is 3.20. The molecule has 102 valence electrons. The van der Waals surface area contributed by atoms with Gasteiger partial charge in [0.15, 0.2) is 0 Å². The summed E-state index contributed by atoms with van der Waals surface area (Å²) >= 11 is 5.80. The van der Waals surface area contributed by atoms with Crippen LogP contribution < -0.4 is 11.0 Å². The van der Waals surface area contributed by atoms with Crippen molar-refractivity contribution in [1.29, 1.82) is 0 Å². The van der Waals surface area contributed by atoms with Gasteiger partial charge in [-0.15, -0.1) is 0 Å². The number of anilines is 1. The molecule has 20 heavy (non-hydrogen) atoms. The van der Waals surface area contributed by atoms with Crippen LogP contribution >= 0.6 is 11.6 Å². The molecule has 3 N–H and O–H groups in total. The van der Waals surface area contributed by atoms with Crippen molar-refractivity contribution >= 4 is 28.3 Å². The molecule has 0 spiro atoms. The first-order valence-electron chi connectivity index (χ1n) is 6.01. The zero-order valence-corrected chi connectivity index (χ0v) is 11.1. The van der Waals surface area contributed by atoms with Gasteiger partial charge in [-0.05, 0) is 42.0 Å². The fraction of sp³-hybridized carbons (Fsp3) is 0.0714. The third kappa shape index (κ3) is 2.67. The molecular weight excluding hydrogens is 281 g/mol. The maximum absolute atomic E-state index is 13.2. The molecule has 0 atom stereocenters. The summed E-state index contributed by atoms with van der Waals surface area (Å²) in [6.07, 6.45) is 0. The monoisotopic (exact) mass is 291 g/mol. The van der Waals surface area contributed by atoms with Gasteiger partial charge in [0.05, 0.1) is 11.0 Å². The molecule has 3 rings (SSSR count). The van der Waals surface area contributed by atoms with Gasteiger partial charge in [-0.3, -0.25) is 0 Å². The summed E-state index contributed by atoms with van der Waals surface area (Å²) in [6, 6.07) is 9.85. The summed E-state index contributed by atoms with van der Waals surface area (Å²) in [5.41, 5.74) is 2.80. The number of aromatic nitrogens is 2. The minimum Gasteiger partial charge on any atom is -0.381 e. The van der Waals surface area contributed by atoms with Crippen molar-refractivity contribution in [3.8, 4) is 0 Å². The molecule has 0 bridgehead atoms. The van der Waals surface area contributed by atoms with Gasteiger partial charge in [0, 0.05) is 17.3 Å². The maximum atomic E-state index is 13.2. The molecule has 0 aliphatic rings. The van der Waals surface area contributed by atoms with E-state index in [4.69, 9.17) is 11.6 Å². The molecular formula is C14H11ClFN3O. The Morgan fingerprint density at radius 2 is 1.90 bits per heavy atom. The van der Waals surface area contributed by atoms with Crippen molar-refractivity contribution in [2.75, 3.05) is 5.32 Å². The molecule has 0 fully saturated rings. The number of H-pyrrole nitrogens is 2. The second-order valence-corrected chi connectivity index (χ2v) is 4.91. The molecule has 2 aromatic carbocycles. The molecule has 0 aliphatic heterocycles. The normalized spacial score (nSPS) is 10.9. The molecule has 0 amide bonds. The molecule has 0 radical (unpaired) electrons. The lowest BCUT2D eigenvalue weighted by Gasteiger charge is -2.07. The minimum atomic E-state index is -0.361. The molecule has 4 nitrogen and oxygen atoms in total. The number of nitrogens with one attached hydrogen (secondary N) is 3. The second kappa shape index (κ2) is 5.02. The van der Waals surface area contributed by atoms with E-state index >= 15 is 0 Å². The quantitative estimate of drug-likeness (QED) is 0.693. The van der Waals surface area contributed by atoms with Crippen molar-refractivity contribution in [2.45, 2.75) is 6.54 Å². The highest BCUT2D eigenvalue weighted by Gasteiger charge is 2.02. The predicted octanol–water partition coefficient (Wildman–Crippen LogP) is 3.26. The number of aromatic amines is 2. The van der Waals surface area contributed by atoms with Crippen LogP contribution in [0.25, 0.3) is 11.0 Å². The Morgan fingerprint density at radius 1 is 1.10 bits per heavy atom. The Labute approximate surface area is 118 Å². The Balaban J connectivity index is 1.80. The molecule has 3 aromatic rings. The van der Waals surface area contributed by atoms with Gasteiger partial charge in [-0.25, -0.2) is 9.18 Å². The number of rotatable bonds is 3. The van der Waals surface area contributed by atoms with Crippen molar-refractivity contribution in [1.82, 2.24) is 9.97 Å². The molecule has 1 aromatic heterocycles. The third-order valence-corrected chi connectivity index (χ3v) is 3.15. The van der Waals surface area contributed by atoms with E-state index in [0.717, 1.165) is 22.3 Å². The van der Waals surface area contributed by atoms with Gasteiger partial charge in [-0.1, -0.05) is 11.6 Å². The summed E-state index contributed by atoms with van der Waals surface area (Å²) in [4.78, 5) is 16.5. The van der Waals surface area contributed by atoms with Crippen LogP contribution in [0.15, 0.2) is 41.2 Å². The zero-order valence-electron chi connectivity index (χ0n) is 10.3. The van der Waals surface area contributed by atoms with Crippen LogP contribution in [-0.4, -0.2) is 9.97 Å². The van der Waals surface area contributed by atoms with Crippen LogP contribution in [0.5, 0.6) is 0 Å². The summed E-state index contributed by atoms with van der Waals surface area (Å²) in [6.45, 7) is 0.442. The molecule has 0 saturated heterocycles. The fourth-order valence-corrected chi connectivity index (χ4v) is 2.30. The maximum Gasteiger partial charge on any atom is 0.323 e. The van der Waals surface area contributed by atoms with E-state index in [0.29, 0.717) is 11.6 Å². The van der Waals surface area contributed by atoms with Crippen molar-refractivity contribution in [3.63, 3.8) is 0 Å². The SMILES string of the molecule is O=c1[nH]c2ccc(NCc3cc(F)cc(Cl)c3)cc2[nH]1. The van der Waals surface area contributed by atoms with Crippen LogP contribution in [-0.2, 0) is 6.54 Å². The average molecular weight is 292 g/mol. The van der Waals surface area contributed by atoms with E-state index in [1.807, 2.05) is 12.1 Å². The van der Waals surface area contributed by atoms with Crippen LogP contribution in [0.1, 0.15) is 5.56 Å². The lowest BCUT2D eigenvalue weighted by Crippen LogP contribution is -2.00. The topological polar surface area (TPSA) is 60.7 Å². The fourth-order valence-electron chi connectivity index (χ4n) is 2.06. The van der Waals surface area contributed by atoms with E-state index in [2.05, 4.69) is 15.3 Å². The Hall–Kier alpha value is -2.27. The number of hydrogen-bond donors (Lipinski definition) is 3. The first-order valence-corrected chi connectivity index (χ1v) is 6.39. The van der Waals surface area contributed by atoms with Gasteiger partial charge in [-0.2, -0.15) is 0 Å². The second-order valence-electron chi connectivity index (χ2n) is 4.47. The van der Waals surface area contributed by atoms with Crippen LogP contribution in [0.2, 0.25) is 5.02 Å². The van der Waals surface area contributed by atoms with Crippen molar-refractivity contribution < 1.29 is 4.39 Å². The average Bonchev–Trinajstić information content (AvgIpc) is 2.74. The van der Waals surface area contributed by atoms with E-state index < -0.39 is 0 Å². The van der Waals surface area contributed by atoms with Crippen LogP contribution in [0.3, 0.4) is 0 Å². The lowest BCUT2D eigenvalue weighted by molar-refractivity contribution is 0.626. The Morgan fingerprint density at radius 3 is 2.70 bits per heavy atom. The van der Waals surface area contributed by atoms with Gasteiger partial charge in [0.2, 0.25) is 0 Å². The Bertz CT molecular complexity index is 804. The van der Waals surface area contributed by atoms with Crippen molar-refractivity contribution in [3.05, 3.63) is 63.3 Å². The van der Waals surface area contributed by atoms with Crippen molar-refractivity contribution in [2.24, 2.45) is 0 Å². The van der Waals surface area contributed by atoms with Crippen LogP contribution in [0.4, 0.5) is 10.1 Å². The summed E-state index contributed by atoms with van der Waals surface area (Å²) < 4.78 is 13.2. The van der Waals surface area contributed by atoms with E-state index in [1.54, 1.807) is 12.1 Å². The summed E-state index contributed by atoms with van der Waals surface area (Å²) in [5, 5.41) is 3.52. The first-order chi connectivity index (χ1) is 9.60. The molecule has 0 saturated carbocycles. The summed E-state index contributed by atoms with van der Waals surface area (Å²) in [7, 11) is 0.